The highest BCUT2D eigenvalue weighted by Gasteiger charge is 2.13. The van der Waals surface area contributed by atoms with Gasteiger partial charge < -0.3 is 5.11 Å². The molecule has 4 aromatic rings. The lowest BCUT2D eigenvalue weighted by Gasteiger charge is -2.09. The molecular formula is C26H24N2O3. The smallest absolute Gasteiger partial charge is 0.336 e. The van der Waals surface area contributed by atoms with Gasteiger partial charge in [0.2, 0.25) is 0 Å². The molecule has 5 heteroatoms. The summed E-state index contributed by atoms with van der Waals surface area (Å²) in [7, 11) is 0. The van der Waals surface area contributed by atoms with E-state index in [1.807, 2.05) is 84.4 Å². The highest BCUT2D eigenvalue weighted by molar-refractivity contribution is 5.95. The minimum atomic E-state index is -0.946. The van der Waals surface area contributed by atoms with Crippen LogP contribution >= 0.6 is 0 Å². The third-order valence-corrected chi connectivity index (χ3v) is 5.45. The summed E-state index contributed by atoms with van der Waals surface area (Å²) in [4.78, 5) is 24.5. The van der Waals surface area contributed by atoms with Crippen LogP contribution < -0.4 is 5.69 Å². The number of aromatic carboxylic acids is 1. The predicted octanol–water partition coefficient (Wildman–Crippen LogP) is 4.67. The van der Waals surface area contributed by atoms with Crippen molar-refractivity contribution < 1.29 is 9.90 Å². The van der Waals surface area contributed by atoms with Crippen LogP contribution in [0.25, 0.3) is 11.1 Å². The SMILES string of the molecule is CCc1cn(Cc2ccccc2)c(=O)n1Cc1ccc(-c2ccccc2C(=O)O)cc1. The first-order valence-corrected chi connectivity index (χ1v) is 10.3. The summed E-state index contributed by atoms with van der Waals surface area (Å²) in [5, 5.41) is 9.43. The number of rotatable bonds is 7. The summed E-state index contributed by atoms with van der Waals surface area (Å²) in [6.45, 7) is 3.07. The standard InChI is InChI=1S/C26H24N2O3/c1-2-22-18-27(16-19-8-4-3-5-9-19)26(31)28(22)17-20-12-14-21(15-13-20)23-10-6-7-11-24(23)25(29)30/h3-15,18H,2,16-17H2,1H3,(H,29,30). The number of hydrogen-bond acceptors (Lipinski definition) is 2. The Balaban J connectivity index is 1.60. The number of aromatic nitrogens is 2. The van der Waals surface area contributed by atoms with Gasteiger partial charge in [0, 0.05) is 11.9 Å². The van der Waals surface area contributed by atoms with E-state index in [0.717, 1.165) is 28.8 Å². The van der Waals surface area contributed by atoms with Crippen LogP contribution in [-0.2, 0) is 19.5 Å². The number of imidazole rings is 1. The molecule has 0 aliphatic rings. The fourth-order valence-electron chi connectivity index (χ4n) is 3.82. The van der Waals surface area contributed by atoms with Crippen LogP contribution in [-0.4, -0.2) is 20.2 Å². The van der Waals surface area contributed by atoms with Crippen LogP contribution in [0.15, 0.2) is 89.9 Å². The molecule has 0 unspecified atom stereocenters. The molecule has 0 bridgehead atoms. The van der Waals surface area contributed by atoms with Crippen LogP contribution in [0.4, 0.5) is 0 Å². The van der Waals surface area contributed by atoms with E-state index in [2.05, 4.69) is 0 Å². The topological polar surface area (TPSA) is 64.2 Å². The highest BCUT2D eigenvalue weighted by Crippen LogP contribution is 2.24. The van der Waals surface area contributed by atoms with E-state index in [1.165, 1.54) is 0 Å². The second-order valence-electron chi connectivity index (χ2n) is 7.50. The molecular weight excluding hydrogens is 388 g/mol. The molecule has 0 saturated heterocycles. The molecule has 0 aliphatic heterocycles. The summed E-state index contributed by atoms with van der Waals surface area (Å²) in [5.41, 5.74) is 4.84. The summed E-state index contributed by atoms with van der Waals surface area (Å²) < 4.78 is 3.56. The van der Waals surface area contributed by atoms with Crippen molar-refractivity contribution in [1.29, 1.82) is 0 Å². The molecule has 31 heavy (non-hydrogen) atoms. The first-order chi connectivity index (χ1) is 15.1. The predicted molar refractivity (Wildman–Crippen MR) is 122 cm³/mol. The van der Waals surface area contributed by atoms with E-state index >= 15 is 0 Å². The van der Waals surface area contributed by atoms with Gasteiger partial charge in [0.15, 0.2) is 0 Å². The minimum absolute atomic E-state index is 0.0268. The first kappa shape index (κ1) is 20.4. The normalized spacial score (nSPS) is 10.9. The highest BCUT2D eigenvalue weighted by atomic mass is 16.4. The largest absolute Gasteiger partial charge is 0.478 e. The minimum Gasteiger partial charge on any atom is -0.478 e. The second-order valence-corrected chi connectivity index (χ2v) is 7.50. The Hall–Kier alpha value is -3.86. The van der Waals surface area contributed by atoms with Crippen molar-refractivity contribution in [1.82, 2.24) is 9.13 Å². The maximum Gasteiger partial charge on any atom is 0.336 e. The van der Waals surface area contributed by atoms with Crippen LogP contribution in [0.5, 0.6) is 0 Å². The van der Waals surface area contributed by atoms with Gasteiger partial charge in [0.1, 0.15) is 0 Å². The first-order valence-electron chi connectivity index (χ1n) is 10.3. The molecule has 0 saturated carbocycles. The second kappa shape index (κ2) is 8.88. The van der Waals surface area contributed by atoms with E-state index in [4.69, 9.17) is 0 Å². The Kier molecular flexibility index (Phi) is 5.85. The third kappa shape index (κ3) is 4.36. The van der Waals surface area contributed by atoms with Gasteiger partial charge in [-0.25, -0.2) is 9.59 Å². The van der Waals surface area contributed by atoms with Gasteiger partial charge in [0.05, 0.1) is 18.7 Å². The molecule has 1 aromatic heterocycles. The average Bonchev–Trinajstić information content (AvgIpc) is 3.09. The Labute approximate surface area is 180 Å². The van der Waals surface area contributed by atoms with E-state index in [0.29, 0.717) is 18.7 Å². The summed E-state index contributed by atoms with van der Waals surface area (Å²) in [6.07, 6.45) is 2.70. The Bertz CT molecular complexity index is 1250. The molecule has 0 amide bonds. The average molecular weight is 412 g/mol. The molecule has 1 N–H and O–H groups in total. The zero-order valence-electron chi connectivity index (χ0n) is 17.4. The van der Waals surface area contributed by atoms with Crippen LogP contribution in [0.1, 0.15) is 34.1 Å². The maximum atomic E-state index is 13.0. The molecule has 156 valence electrons. The van der Waals surface area contributed by atoms with Gasteiger partial charge in [-0.1, -0.05) is 79.7 Å². The van der Waals surface area contributed by atoms with Crippen LogP contribution in [0, 0.1) is 0 Å². The van der Waals surface area contributed by atoms with E-state index in [1.54, 1.807) is 16.7 Å². The molecule has 3 aromatic carbocycles. The van der Waals surface area contributed by atoms with Gasteiger partial charge in [-0.2, -0.15) is 0 Å². The van der Waals surface area contributed by atoms with Gasteiger partial charge in [-0.15, -0.1) is 0 Å². The number of benzene rings is 3. The van der Waals surface area contributed by atoms with Crippen molar-refractivity contribution in [3.05, 3.63) is 118 Å². The zero-order chi connectivity index (χ0) is 21.8. The summed E-state index contributed by atoms with van der Waals surface area (Å²) in [5.74, 6) is -0.946. The Morgan fingerprint density at radius 2 is 1.48 bits per heavy atom. The zero-order valence-corrected chi connectivity index (χ0v) is 17.4. The van der Waals surface area contributed by atoms with Crippen molar-refractivity contribution in [3.63, 3.8) is 0 Å². The van der Waals surface area contributed by atoms with Gasteiger partial charge >= 0.3 is 11.7 Å². The number of carboxylic acid groups (broad SMARTS) is 1. The number of nitrogens with zero attached hydrogens (tertiary/aromatic N) is 2. The number of aryl methyl sites for hydroxylation is 1. The van der Waals surface area contributed by atoms with Crippen LogP contribution in [0.3, 0.4) is 0 Å². The van der Waals surface area contributed by atoms with E-state index < -0.39 is 5.97 Å². The molecule has 5 nitrogen and oxygen atoms in total. The fourth-order valence-corrected chi connectivity index (χ4v) is 3.82. The Morgan fingerprint density at radius 1 is 0.839 bits per heavy atom. The van der Waals surface area contributed by atoms with Gasteiger partial charge in [-0.3, -0.25) is 9.13 Å². The molecule has 4 rings (SSSR count). The molecule has 0 atom stereocenters. The van der Waals surface area contributed by atoms with Gasteiger partial charge in [0.25, 0.3) is 0 Å². The van der Waals surface area contributed by atoms with E-state index in [-0.39, 0.29) is 11.3 Å². The third-order valence-electron chi connectivity index (χ3n) is 5.45. The van der Waals surface area contributed by atoms with Crippen molar-refractivity contribution in [2.45, 2.75) is 26.4 Å². The summed E-state index contributed by atoms with van der Waals surface area (Å²) >= 11 is 0. The van der Waals surface area contributed by atoms with Crippen molar-refractivity contribution in [2.75, 3.05) is 0 Å². The quantitative estimate of drug-likeness (QED) is 0.480. The fraction of sp³-hybridized carbons (Fsp3) is 0.154. The molecule has 0 radical (unpaired) electrons. The Morgan fingerprint density at radius 3 is 2.16 bits per heavy atom. The van der Waals surface area contributed by atoms with Crippen molar-refractivity contribution >= 4 is 5.97 Å². The number of carbonyl (C=O) groups is 1. The number of hydrogen-bond donors (Lipinski definition) is 1. The summed E-state index contributed by atoms with van der Waals surface area (Å²) in [6, 6.07) is 24.6. The monoisotopic (exact) mass is 412 g/mol. The van der Waals surface area contributed by atoms with Crippen molar-refractivity contribution in [2.24, 2.45) is 0 Å². The van der Waals surface area contributed by atoms with Crippen LogP contribution in [0.2, 0.25) is 0 Å². The van der Waals surface area contributed by atoms with Gasteiger partial charge in [-0.05, 0) is 34.7 Å². The number of carboxylic acids is 1. The molecule has 1 heterocycles. The maximum absolute atomic E-state index is 13.0. The van der Waals surface area contributed by atoms with E-state index in [9.17, 15) is 14.7 Å². The van der Waals surface area contributed by atoms with Crippen molar-refractivity contribution in [3.8, 4) is 11.1 Å². The lowest BCUT2D eigenvalue weighted by molar-refractivity contribution is 0.0697. The lowest BCUT2D eigenvalue weighted by Crippen LogP contribution is -2.25. The molecule has 0 fully saturated rings. The molecule has 0 spiro atoms. The molecule has 0 aliphatic carbocycles. The lowest BCUT2D eigenvalue weighted by atomic mass is 9.99.